The highest BCUT2D eigenvalue weighted by Gasteiger charge is 2.12. The molecule has 1 N–H and O–H groups in total. The standard InChI is InChI=1S/C13H30N2O/c1-11(2)7-14-8-12(3)9-15(5)13(4)10-16-6/h11-14H,7-10H2,1-6H3. The van der Waals surface area contributed by atoms with Gasteiger partial charge in [0, 0.05) is 19.7 Å². The Labute approximate surface area is 102 Å². The minimum atomic E-state index is 0.498. The van der Waals surface area contributed by atoms with Crippen LogP contribution in [0.3, 0.4) is 0 Å². The number of nitrogens with zero attached hydrogens (tertiary/aromatic N) is 1. The van der Waals surface area contributed by atoms with Gasteiger partial charge in [-0.25, -0.2) is 0 Å². The van der Waals surface area contributed by atoms with E-state index in [0.717, 1.165) is 32.2 Å². The number of ether oxygens (including phenoxy) is 1. The maximum absolute atomic E-state index is 5.16. The second kappa shape index (κ2) is 8.97. The summed E-state index contributed by atoms with van der Waals surface area (Å²) >= 11 is 0. The third kappa shape index (κ3) is 8.08. The van der Waals surface area contributed by atoms with Crippen LogP contribution in [-0.2, 0) is 4.74 Å². The summed E-state index contributed by atoms with van der Waals surface area (Å²) in [4.78, 5) is 2.37. The van der Waals surface area contributed by atoms with Crippen LogP contribution in [0.5, 0.6) is 0 Å². The topological polar surface area (TPSA) is 24.5 Å². The first-order valence-electron chi connectivity index (χ1n) is 6.37. The molecule has 0 rings (SSSR count). The summed E-state index contributed by atoms with van der Waals surface area (Å²) in [5, 5.41) is 3.50. The fourth-order valence-corrected chi connectivity index (χ4v) is 1.72. The summed E-state index contributed by atoms with van der Waals surface area (Å²) in [5.41, 5.74) is 0. The van der Waals surface area contributed by atoms with Gasteiger partial charge in [-0.3, -0.25) is 0 Å². The van der Waals surface area contributed by atoms with Crippen LogP contribution in [0.15, 0.2) is 0 Å². The van der Waals surface area contributed by atoms with E-state index in [-0.39, 0.29) is 0 Å². The number of methoxy groups -OCH3 is 1. The third-order valence-electron chi connectivity index (χ3n) is 2.81. The van der Waals surface area contributed by atoms with E-state index in [1.165, 1.54) is 0 Å². The smallest absolute Gasteiger partial charge is 0.0615 e. The Morgan fingerprint density at radius 3 is 2.25 bits per heavy atom. The van der Waals surface area contributed by atoms with E-state index in [1.54, 1.807) is 7.11 Å². The molecule has 2 unspecified atom stereocenters. The number of rotatable bonds is 9. The summed E-state index contributed by atoms with van der Waals surface area (Å²) < 4.78 is 5.16. The largest absolute Gasteiger partial charge is 0.383 e. The van der Waals surface area contributed by atoms with Crippen molar-refractivity contribution in [2.45, 2.75) is 33.7 Å². The quantitative estimate of drug-likeness (QED) is 0.654. The Balaban J connectivity index is 3.64. The lowest BCUT2D eigenvalue weighted by atomic mass is 10.1. The third-order valence-corrected chi connectivity index (χ3v) is 2.81. The summed E-state index contributed by atoms with van der Waals surface area (Å²) in [5.74, 6) is 1.42. The number of likely N-dealkylation sites (N-methyl/N-ethyl adjacent to an activating group) is 1. The van der Waals surface area contributed by atoms with E-state index in [2.05, 4.69) is 45.0 Å². The van der Waals surface area contributed by atoms with Crippen LogP contribution < -0.4 is 5.32 Å². The monoisotopic (exact) mass is 230 g/mol. The van der Waals surface area contributed by atoms with Crippen LogP contribution in [0, 0.1) is 11.8 Å². The maximum atomic E-state index is 5.16. The van der Waals surface area contributed by atoms with E-state index in [4.69, 9.17) is 4.74 Å². The minimum absolute atomic E-state index is 0.498. The van der Waals surface area contributed by atoms with Gasteiger partial charge in [0.2, 0.25) is 0 Å². The Morgan fingerprint density at radius 2 is 1.75 bits per heavy atom. The van der Waals surface area contributed by atoms with Crippen molar-refractivity contribution in [1.29, 1.82) is 0 Å². The second-order valence-electron chi connectivity index (χ2n) is 5.40. The predicted molar refractivity (Wildman–Crippen MR) is 70.8 cm³/mol. The molecule has 3 heteroatoms. The lowest BCUT2D eigenvalue weighted by Crippen LogP contribution is -2.38. The fourth-order valence-electron chi connectivity index (χ4n) is 1.72. The Kier molecular flexibility index (Phi) is 8.90. The van der Waals surface area contributed by atoms with Crippen molar-refractivity contribution >= 4 is 0 Å². The van der Waals surface area contributed by atoms with Crippen molar-refractivity contribution < 1.29 is 4.74 Å². The van der Waals surface area contributed by atoms with Gasteiger partial charge in [0.15, 0.2) is 0 Å². The molecule has 16 heavy (non-hydrogen) atoms. The highest BCUT2D eigenvalue weighted by molar-refractivity contribution is 4.67. The van der Waals surface area contributed by atoms with Gasteiger partial charge in [0.05, 0.1) is 6.61 Å². The highest BCUT2D eigenvalue weighted by Crippen LogP contribution is 2.02. The first kappa shape index (κ1) is 15.9. The molecule has 0 amide bonds. The van der Waals surface area contributed by atoms with Crippen molar-refractivity contribution in [3.05, 3.63) is 0 Å². The number of hydrogen-bond donors (Lipinski definition) is 1. The summed E-state index contributed by atoms with van der Waals surface area (Å²) in [6.45, 7) is 13.1. The molecule has 0 aliphatic carbocycles. The average Bonchev–Trinajstić information content (AvgIpc) is 2.17. The van der Waals surface area contributed by atoms with Gasteiger partial charge in [-0.1, -0.05) is 20.8 Å². The molecule has 3 nitrogen and oxygen atoms in total. The zero-order chi connectivity index (χ0) is 12.6. The van der Waals surface area contributed by atoms with E-state index < -0.39 is 0 Å². The zero-order valence-electron chi connectivity index (χ0n) is 11.9. The van der Waals surface area contributed by atoms with Crippen molar-refractivity contribution in [2.24, 2.45) is 11.8 Å². The molecular weight excluding hydrogens is 200 g/mol. The Morgan fingerprint density at radius 1 is 1.12 bits per heavy atom. The van der Waals surface area contributed by atoms with Crippen molar-refractivity contribution in [3.63, 3.8) is 0 Å². The molecule has 0 aromatic heterocycles. The molecule has 0 aromatic carbocycles. The van der Waals surface area contributed by atoms with Crippen LogP contribution in [0.2, 0.25) is 0 Å². The molecule has 2 atom stereocenters. The molecular formula is C13H30N2O. The van der Waals surface area contributed by atoms with Crippen molar-refractivity contribution in [3.8, 4) is 0 Å². The highest BCUT2D eigenvalue weighted by atomic mass is 16.5. The molecule has 0 heterocycles. The molecule has 0 aliphatic rings. The van der Waals surface area contributed by atoms with E-state index in [9.17, 15) is 0 Å². The SMILES string of the molecule is COCC(C)N(C)CC(C)CNCC(C)C. The molecule has 0 saturated carbocycles. The summed E-state index contributed by atoms with van der Waals surface area (Å²) in [7, 11) is 3.93. The fraction of sp³-hybridized carbons (Fsp3) is 1.00. The van der Waals surface area contributed by atoms with Crippen LogP contribution in [0.4, 0.5) is 0 Å². The molecule has 98 valence electrons. The van der Waals surface area contributed by atoms with Gasteiger partial charge in [-0.2, -0.15) is 0 Å². The molecule has 0 aromatic rings. The number of hydrogen-bond acceptors (Lipinski definition) is 3. The molecule has 0 bridgehead atoms. The maximum Gasteiger partial charge on any atom is 0.0615 e. The van der Waals surface area contributed by atoms with Crippen LogP contribution in [-0.4, -0.2) is 51.3 Å². The van der Waals surface area contributed by atoms with Gasteiger partial charge in [-0.05, 0) is 38.9 Å². The van der Waals surface area contributed by atoms with E-state index in [1.807, 2.05) is 0 Å². The normalized spacial score (nSPS) is 15.8. The molecule has 0 radical (unpaired) electrons. The Bertz CT molecular complexity index is 162. The van der Waals surface area contributed by atoms with E-state index in [0.29, 0.717) is 12.0 Å². The van der Waals surface area contributed by atoms with Gasteiger partial charge in [0.1, 0.15) is 0 Å². The number of nitrogens with one attached hydrogen (secondary N) is 1. The molecule has 0 spiro atoms. The predicted octanol–water partition coefficient (Wildman–Crippen LogP) is 1.83. The summed E-state index contributed by atoms with van der Waals surface area (Å²) in [6.07, 6.45) is 0. The minimum Gasteiger partial charge on any atom is -0.383 e. The molecule has 0 fully saturated rings. The van der Waals surface area contributed by atoms with Gasteiger partial charge in [0.25, 0.3) is 0 Å². The molecule has 0 saturated heterocycles. The van der Waals surface area contributed by atoms with Gasteiger partial charge >= 0.3 is 0 Å². The van der Waals surface area contributed by atoms with Crippen LogP contribution in [0.25, 0.3) is 0 Å². The summed E-state index contributed by atoms with van der Waals surface area (Å²) in [6, 6.07) is 0.498. The first-order chi connectivity index (χ1) is 7.47. The van der Waals surface area contributed by atoms with Crippen LogP contribution in [0.1, 0.15) is 27.7 Å². The first-order valence-corrected chi connectivity index (χ1v) is 6.37. The van der Waals surface area contributed by atoms with E-state index >= 15 is 0 Å². The zero-order valence-corrected chi connectivity index (χ0v) is 11.9. The van der Waals surface area contributed by atoms with Crippen LogP contribution >= 0.6 is 0 Å². The lowest BCUT2D eigenvalue weighted by Gasteiger charge is -2.27. The van der Waals surface area contributed by atoms with Gasteiger partial charge < -0.3 is 15.0 Å². The van der Waals surface area contributed by atoms with Crippen molar-refractivity contribution in [1.82, 2.24) is 10.2 Å². The molecule has 0 aliphatic heterocycles. The van der Waals surface area contributed by atoms with Crippen molar-refractivity contribution in [2.75, 3.05) is 40.4 Å². The van der Waals surface area contributed by atoms with Gasteiger partial charge in [-0.15, -0.1) is 0 Å². The average molecular weight is 230 g/mol. The Hall–Kier alpha value is -0.120. The lowest BCUT2D eigenvalue weighted by molar-refractivity contribution is 0.107. The second-order valence-corrected chi connectivity index (χ2v) is 5.40.